The second-order valence-corrected chi connectivity index (χ2v) is 4.02. The number of carboxylic acids is 1. The van der Waals surface area contributed by atoms with Crippen LogP contribution in [0.15, 0.2) is 0 Å². The first-order valence-electron chi connectivity index (χ1n) is 3.94. The van der Waals surface area contributed by atoms with Gasteiger partial charge >= 0.3 is 5.97 Å². The molecule has 0 radical (unpaired) electrons. The maximum atomic E-state index is 10.3. The van der Waals surface area contributed by atoms with E-state index in [1.54, 1.807) is 0 Å². The molecule has 64 valence electrons. The van der Waals surface area contributed by atoms with Gasteiger partial charge in [0.25, 0.3) is 0 Å². The zero-order valence-corrected chi connectivity index (χ0v) is 7.13. The first-order valence-corrected chi connectivity index (χ1v) is 3.94. The Labute approximate surface area is 67.0 Å². The molecule has 11 heavy (non-hydrogen) atoms. The molecule has 0 saturated carbocycles. The molecule has 3 heteroatoms. The summed E-state index contributed by atoms with van der Waals surface area (Å²) in [6.07, 6.45) is 1.11. The van der Waals surface area contributed by atoms with Crippen molar-refractivity contribution >= 4 is 5.97 Å². The summed E-state index contributed by atoms with van der Waals surface area (Å²) in [5.74, 6) is -0.720. The molecule has 0 amide bonds. The molecule has 0 aromatic rings. The van der Waals surface area contributed by atoms with Crippen LogP contribution < -0.4 is 0 Å². The predicted octanol–water partition coefficient (Wildman–Crippen LogP) is 0.803. The molecule has 0 aliphatic carbocycles. The Kier molecular flexibility index (Phi) is 2.18. The van der Waals surface area contributed by atoms with Crippen LogP contribution in [0.1, 0.15) is 20.3 Å². The Hall–Kier alpha value is -0.570. The van der Waals surface area contributed by atoms with E-state index in [2.05, 4.69) is 13.8 Å². The van der Waals surface area contributed by atoms with Crippen molar-refractivity contribution in [2.24, 2.45) is 5.41 Å². The highest BCUT2D eigenvalue weighted by molar-refractivity contribution is 5.69. The number of rotatable bonds is 2. The Morgan fingerprint density at radius 2 is 2.27 bits per heavy atom. The van der Waals surface area contributed by atoms with E-state index in [1.165, 1.54) is 0 Å². The molecule has 0 unspecified atom stereocenters. The summed E-state index contributed by atoms with van der Waals surface area (Å²) in [6, 6.07) is 0. The van der Waals surface area contributed by atoms with Gasteiger partial charge in [0, 0.05) is 6.54 Å². The monoisotopic (exact) mass is 157 g/mol. The Morgan fingerprint density at radius 1 is 1.64 bits per heavy atom. The van der Waals surface area contributed by atoms with Crippen molar-refractivity contribution in [2.45, 2.75) is 20.3 Å². The van der Waals surface area contributed by atoms with Gasteiger partial charge in [-0.2, -0.15) is 0 Å². The van der Waals surface area contributed by atoms with Crippen LogP contribution in [0.4, 0.5) is 0 Å². The summed E-state index contributed by atoms with van der Waals surface area (Å²) in [6.45, 7) is 6.39. The molecule has 0 atom stereocenters. The summed E-state index contributed by atoms with van der Waals surface area (Å²) >= 11 is 0. The van der Waals surface area contributed by atoms with E-state index in [9.17, 15) is 4.79 Å². The summed E-state index contributed by atoms with van der Waals surface area (Å²) < 4.78 is 0. The van der Waals surface area contributed by atoms with Gasteiger partial charge < -0.3 is 5.11 Å². The molecule has 1 fully saturated rings. The maximum Gasteiger partial charge on any atom is 0.317 e. The number of aliphatic carboxylic acids is 1. The SMILES string of the molecule is CC1(C)CCN(CC(=O)O)C1. The molecule has 1 aliphatic rings. The molecule has 0 bridgehead atoms. The standard InChI is InChI=1S/C8H15NO2/c1-8(2)3-4-9(6-8)5-7(10)11/h3-6H2,1-2H3,(H,10,11). The van der Waals surface area contributed by atoms with Crippen LogP contribution in [0.25, 0.3) is 0 Å². The third-order valence-electron chi connectivity index (χ3n) is 2.12. The Morgan fingerprint density at radius 3 is 2.64 bits per heavy atom. The van der Waals surface area contributed by atoms with Gasteiger partial charge in [-0.1, -0.05) is 13.8 Å². The summed E-state index contributed by atoms with van der Waals surface area (Å²) in [5.41, 5.74) is 0.315. The lowest BCUT2D eigenvalue weighted by Crippen LogP contribution is -2.28. The van der Waals surface area contributed by atoms with E-state index in [0.717, 1.165) is 19.5 Å². The maximum absolute atomic E-state index is 10.3. The largest absolute Gasteiger partial charge is 0.480 e. The third-order valence-corrected chi connectivity index (χ3v) is 2.12. The number of hydrogen-bond acceptors (Lipinski definition) is 2. The van der Waals surface area contributed by atoms with E-state index < -0.39 is 5.97 Å². The van der Waals surface area contributed by atoms with Gasteiger partial charge in [0.1, 0.15) is 0 Å². The fourth-order valence-corrected chi connectivity index (χ4v) is 1.55. The van der Waals surface area contributed by atoms with E-state index in [-0.39, 0.29) is 6.54 Å². The lowest BCUT2D eigenvalue weighted by atomic mass is 9.93. The second-order valence-electron chi connectivity index (χ2n) is 4.02. The molecule has 1 aliphatic heterocycles. The molecule has 0 spiro atoms. The van der Waals surface area contributed by atoms with Crippen LogP contribution >= 0.6 is 0 Å². The Balaban J connectivity index is 2.36. The van der Waals surface area contributed by atoms with E-state index in [1.807, 2.05) is 4.90 Å². The second kappa shape index (κ2) is 2.81. The van der Waals surface area contributed by atoms with Gasteiger partial charge in [-0.05, 0) is 18.4 Å². The summed E-state index contributed by atoms with van der Waals surface area (Å²) in [5, 5.41) is 8.50. The smallest absolute Gasteiger partial charge is 0.317 e. The fraction of sp³-hybridized carbons (Fsp3) is 0.875. The normalized spacial score (nSPS) is 23.8. The highest BCUT2D eigenvalue weighted by atomic mass is 16.4. The summed E-state index contributed by atoms with van der Waals surface area (Å²) in [7, 11) is 0. The van der Waals surface area contributed by atoms with Crippen molar-refractivity contribution in [2.75, 3.05) is 19.6 Å². The van der Waals surface area contributed by atoms with Crippen LogP contribution in [-0.4, -0.2) is 35.6 Å². The van der Waals surface area contributed by atoms with Crippen LogP contribution in [0.5, 0.6) is 0 Å². The zero-order chi connectivity index (χ0) is 8.48. The Bertz CT molecular complexity index is 165. The van der Waals surface area contributed by atoms with Crippen LogP contribution in [0.3, 0.4) is 0 Å². The van der Waals surface area contributed by atoms with Crippen molar-refractivity contribution in [1.29, 1.82) is 0 Å². The first kappa shape index (κ1) is 8.53. The topological polar surface area (TPSA) is 40.5 Å². The van der Waals surface area contributed by atoms with E-state index in [0.29, 0.717) is 5.41 Å². The molecular formula is C8H15NO2. The van der Waals surface area contributed by atoms with Gasteiger partial charge in [-0.3, -0.25) is 9.69 Å². The van der Waals surface area contributed by atoms with Crippen molar-refractivity contribution < 1.29 is 9.90 Å². The van der Waals surface area contributed by atoms with Gasteiger partial charge in [-0.15, -0.1) is 0 Å². The molecule has 3 nitrogen and oxygen atoms in total. The van der Waals surface area contributed by atoms with Gasteiger partial charge in [0.05, 0.1) is 6.54 Å². The zero-order valence-electron chi connectivity index (χ0n) is 7.13. The van der Waals surface area contributed by atoms with Crippen LogP contribution in [0.2, 0.25) is 0 Å². The lowest BCUT2D eigenvalue weighted by molar-refractivity contribution is -0.138. The van der Waals surface area contributed by atoms with Crippen molar-refractivity contribution in [3.63, 3.8) is 0 Å². The van der Waals surface area contributed by atoms with E-state index in [4.69, 9.17) is 5.11 Å². The fourth-order valence-electron chi connectivity index (χ4n) is 1.55. The van der Waals surface area contributed by atoms with Crippen LogP contribution in [-0.2, 0) is 4.79 Å². The number of carboxylic acid groups (broad SMARTS) is 1. The minimum atomic E-state index is -0.720. The molecule has 0 aromatic carbocycles. The van der Waals surface area contributed by atoms with Crippen molar-refractivity contribution in [1.82, 2.24) is 4.90 Å². The molecule has 1 N–H and O–H groups in total. The molecule has 1 heterocycles. The van der Waals surface area contributed by atoms with Gasteiger partial charge in [0.2, 0.25) is 0 Å². The van der Waals surface area contributed by atoms with Crippen LogP contribution in [0, 0.1) is 5.41 Å². The van der Waals surface area contributed by atoms with Gasteiger partial charge in [-0.25, -0.2) is 0 Å². The van der Waals surface area contributed by atoms with Crippen molar-refractivity contribution in [3.05, 3.63) is 0 Å². The first-order chi connectivity index (χ1) is 4.99. The molecule has 0 aromatic heterocycles. The lowest BCUT2D eigenvalue weighted by Gasteiger charge is -2.17. The highest BCUT2D eigenvalue weighted by Crippen LogP contribution is 2.28. The highest BCUT2D eigenvalue weighted by Gasteiger charge is 2.29. The van der Waals surface area contributed by atoms with Gasteiger partial charge in [0.15, 0.2) is 0 Å². The van der Waals surface area contributed by atoms with E-state index >= 15 is 0 Å². The van der Waals surface area contributed by atoms with Crippen molar-refractivity contribution in [3.8, 4) is 0 Å². The number of carbonyl (C=O) groups is 1. The third kappa shape index (κ3) is 2.50. The number of likely N-dealkylation sites (tertiary alicyclic amines) is 1. The molecule has 1 saturated heterocycles. The number of nitrogens with zero attached hydrogens (tertiary/aromatic N) is 1. The molecular weight excluding hydrogens is 142 g/mol. The summed E-state index contributed by atoms with van der Waals surface area (Å²) in [4.78, 5) is 12.3. The minimum absolute atomic E-state index is 0.198. The average Bonchev–Trinajstić information content (AvgIpc) is 2.08. The minimum Gasteiger partial charge on any atom is -0.480 e. The predicted molar refractivity (Wildman–Crippen MR) is 42.5 cm³/mol. The average molecular weight is 157 g/mol. The quantitative estimate of drug-likeness (QED) is 0.644. The number of hydrogen-bond donors (Lipinski definition) is 1. The molecule has 1 rings (SSSR count).